The minimum Gasteiger partial charge on any atom is -0.383 e. The van der Waals surface area contributed by atoms with Crippen LogP contribution >= 0.6 is 11.6 Å². The molecule has 0 bridgehead atoms. The highest BCUT2D eigenvalue weighted by molar-refractivity contribution is 6.32. The van der Waals surface area contributed by atoms with Crippen LogP contribution in [0.1, 0.15) is 17.3 Å². The Hall–Kier alpha value is -2.06. The number of hydrogen-bond donors (Lipinski definition) is 1. The summed E-state index contributed by atoms with van der Waals surface area (Å²) in [5.41, 5.74) is 1.15. The molecule has 6 heteroatoms. The van der Waals surface area contributed by atoms with E-state index < -0.39 is 0 Å². The van der Waals surface area contributed by atoms with Crippen molar-refractivity contribution < 1.29 is 4.52 Å². The van der Waals surface area contributed by atoms with E-state index >= 15 is 0 Å². The van der Waals surface area contributed by atoms with Gasteiger partial charge in [0.05, 0.1) is 16.3 Å². The Morgan fingerprint density at radius 1 is 1.50 bits per heavy atom. The fourth-order valence-corrected chi connectivity index (χ4v) is 1.75. The third-order valence-corrected chi connectivity index (χ3v) is 2.66. The van der Waals surface area contributed by atoms with Crippen molar-refractivity contribution in [1.29, 1.82) is 5.26 Å². The lowest BCUT2D eigenvalue weighted by atomic mass is 10.2. The number of nitrogens with one attached hydrogen (secondary N) is 1. The van der Waals surface area contributed by atoms with Crippen molar-refractivity contribution in [2.24, 2.45) is 0 Å². The van der Waals surface area contributed by atoms with Crippen molar-refractivity contribution in [1.82, 2.24) is 10.1 Å². The summed E-state index contributed by atoms with van der Waals surface area (Å²) in [5.74, 6) is 1.19. The van der Waals surface area contributed by atoms with Crippen LogP contribution in [0.25, 0.3) is 0 Å². The van der Waals surface area contributed by atoms with Gasteiger partial charge in [0.1, 0.15) is 6.07 Å². The van der Waals surface area contributed by atoms with Gasteiger partial charge in [0.2, 0.25) is 5.89 Å². The molecule has 18 heavy (non-hydrogen) atoms. The smallest absolute Gasteiger partial charge is 0.228 e. The number of nitrogens with zero attached hydrogens (tertiary/aromatic N) is 3. The van der Waals surface area contributed by atoms with Gasteiger partial charge >= 0.3 is 0 Å². The first-order chi connectivity index (χ1) is 8.70. The molecule has 0 spiro atoms. The lowest BCUT2D eigenvalue weighted by Crippen LogP contribution is -2.06. The highest BCUT2D eigenvalue weighted by atomic mass is 35.5. The SMILES string of the molecule is Cc1noc(CCNc2cccc(Cl)c2C#N)n1. The van der Waals surface area contributed by atoms with E-state index in [0.717, 1.165) is 0 Å². The second kappa shape index (κ2) is 5.52. The van der Waals surface area contributed by atoms with Gasteiger partial charge in [-0.25, -0.2) is 0 Å². The standard InChI is InChI=1S/C12H11ClN4O/c1-8-16-12(18-17-8)5-6-15-11-4-2-3-10(13)9(11)7-14/h2-4,15H,5-6H2,1H3. The number of benzene rings is 1. The molecule has 92 valence electrons. The van der Waals surface area contributed by atoms with Crippen LogP contribution in [0.3, 0.4) is 0 Å². The van der Waals surface area contributed by atoms with Gasteiger partial charge in [-0.2, -0.15) is 10.2 Å². The van der Waals surface area contributed by atoms with E-state index in [-0.39, 0.29) is 0 Å². The van der Waals surface area contributed by atoms with Crippen LogP contribution in [0.2, 0.25) is 5.02 Å². The molecule has 0 amide bonds. The first-order valence-electron chi connectivity index (χ1n) is 5.42. The first-order valence-corrected chi connectivity index (χ1v) is 5.80. The number of rotatable bonds is 4. The van der Waals surface area contributed by atoms with Gasteiger partial charge in [-0.15, -0.1) is 0 Å². The molecule has 0 saturated carbocycles. The lowest BCUT2D eigenvalue weighted by Gasteiger charge is -2.07. The van der Waals surface area contributed by atoms with E-state index in [2.05, 4.69) is 21.5 Å². The number of aryl methyl sites for hydroxylation is 1. The molecule has 2 rings (SSSR count). The largest absolute Gasteiger partial charge is 0.383 e. The highest BCUT2D eigenvalue weighted by Crippen LogP contribution is 2.23. The Labute approximate surface area is 109 Å². The third kappa shape index (κ3) is 2.79. The van der Waals surface area contributed by atoms with Crippen LogP contribution in [0.15, 0.2) is 22.7 Å². The summed E-state index contributed by atoms with van der Waals surface area (Å²) in [5, 5.41) is 16.3. The first kappa shape index (κ1) is 12.4. The van der Waals surface area contributed by atoms with Crippen molar-refractivity contribution in [3.63, 3.8) is 0 Å². The highest BCUT2D eigenvalue weighted by Gasteiger charge is 2.07. The maximum absolute atomic E-state index is 9.00. The molecular weight excluding hydrogens is 252 g/mol. The van der Waals surface area contributed by atoms with Gasteiger partial charge in [-0.1, -0.05) is 22.8 Å². The Morgan fingerprint density at radius 2 is 2.33 bits per heavy atom. The summed E-state index contributed by atoms with van der Waals surface area (Å²) < 4.78 is 4.99. The molecule has 0 atom stereocenters. The summed E-state index contributed by atoms with van der Waals surface area (Å²) in [7, 11) is 0. The van der Waals surface area contributed by atoms with E-state index in [1.807, 2.05) is 6.07 Å². The average Bonchev–Trinajstić information content (AvgIpc) is 2.75. The Balaban J connectivity index is 1.99. The molecule has 0 fully saturated rings. The van der Waals surface area contributed by atoms with E-state index in [0.29, 0.717) is 41.0 Å². The van der Waals surface area contributed by atoms with Crippen molar-refractivity contribution in [2.45, 2.75) is 13.3 Å². The van der Waals surface area contributed by atoms with Crippen LogP contribution in [-0.4, -0.2) is 16.7 Å². The molecular formula is C12H11ClN4O. The van der Waals surface area contributed by atoms with Gasteiger partial charge < -0.3 is 9.84 Å². The summed E-state index contributed by atoms with van der Waals surface area (Å²) in [4.78, 5) is 4.09. The van der Waals surface area contributed by atoms with Gasteiger partial charge in [0.25, 0.3) is 0 Å². The van der Waals surface area contributed by atoms with E-state index in [4.69, 9.17) is 21.4 Å². The van der Waals surface area contributed by atoms with E-state index in [9.17, 15) is 0 Å². The molecule has 0 saturated heterocycles. The van der Waals surface area contributed by atoms with Crippen molar-refractivity contribution in [3.8, 4) is 6.07 Å². The molecule has 0 aliphatic rings. The summed E-state index contributed by atoms with van der Waals surface area (Å²) >= 11 is 5.93. The van der Waals surface area contributed by atoms with Crippen LogP contribution in [-0.2, 0) is 6.42 Å². The predicted molar refractivity (Wildman–Crippen MR) is 67.4 cm³/mol. The van der Waals surface area contributed by atoms with Crippen LogP contribution in [0, 0.1) is 18.3 Å². The molecule has 0 aliphatic heterocycles. The lowest BCUT2D eigenvalue weighted by molar-refractivity contribution is 0.377. The molecule has 1 aromatic heterocycles. The Bertz CT molecular complexity index is 588. The molecule has 0 radical (unpaired) electrons. The molecule has 1 N–H and O–H groups in total. The molecule has 1 aromatic carbocycles. The molecule has 0 aliphatic carbocycles. The van der Waals surface area contributed by atoms with Gasteiger partial charge in [0, 0.05) is 13.0 Å². The van der Waals surface area contributed by atoms with Crippen molar-refractivity contribution in [2.75, 3.05) is 11.9 Å². The molecule has 5 nitrogen and oxygen atoms in total. The second-order valence-corrected chi connectivity index (χ2v) is 4.09. The van der Waals surface area contributed by atoms with Crippen molar-refractivity contribution >= 4 is 17.3 Å². The quantitative estimate of drug-likeness (QED) is 0.916. The number of hydrogen-bond acceptors (Lipinski definition) is 5. The average molecular weight is 263 g/mol. The molecule has 1 heterocycles. The molecule has 2 aromatic rings. The minimum atomic E-state index is 0.441. The van der Waals surface area contributed by atoms with E-state index in [1.165, 1.54) is 0 Å². The Kier molecular flexibility index (Phi) is 3.80. The van der Waals surface area contributed by atoms with Crippen molar-refractivity contribution in [3.05, 3.63) is 40.5 Å². The summed E-state index contributed by atoms with van der Waals surface area (Å²) in [6, 6.07) is 7.36. The number of halogens is 1. The zero-order valence-electron chi connectivity index (χ0n) is 9.77. The van der Waals surface area contributed by atoms with Crippen LogP contribution < -0.4 is 5.32 Å². The Morgan fingerprint density at radius 3 is 3.00 bits per heavy atom. The molecule has 0 unspecified atom stereocenters. The van der Waals surface area contributed by atoms with Gasteiger partial charge in [0.15, 0.2) is 5.82 Å². The number of aromatic nitrogens is 2. The van der Waals surface area contributed by atoms with E-state index in [1.54, 1.807) is 19.1 Å². The van der Waals surface area contributed by atoms with Gasteiger partial charge in [-0.3, -0.25) is 0 Å². The zero-order valence-corrected chi connectivity index (χ0v) is 10.5. The normalized spacial score (nSPS) is 10.1. The van der Waals surface area contributed by atoms with Crippen LogP contribution in [0.4, 0.5) is 5.69 Å². The minimum absolute atomic E-state index is 0.441. The fraction of sp³-hybridized carbons (Fsp3) is 0.250. The third-order valence-electron chi connectivity index (χ3n) is 2.35. The van der Waals surface area contributed by atoms with Gasteiger partial charge in [-0.05, 0) is 19.1 Å². The monoisotopic (exact) mass is 262 g/mol. The maximum atomic E-state index is 9.00. The fourth-order valence-electron chi connectivity index (χ4n) is 1.53. The predicted octanol–water partition coefficient (Wildman–Crippen LogP) is 2.56. The summed E-state index contributed by atoms with van der Waals surface area (Å²) in [6.45, 7) is 2.36. The summed E-state index contributed by atoms with van der Waals surface area (Å²) in [6.07, 6.45) is 0.595. The van der Waals surface area contributed by atoms with Crippen LogP contribution in [0.5, 0.6) is 0 Å². The maximum Gasteiger partial charge on any atom is 0.228 e. The number of anilines is 1. The number of nitriles is 1. The zero-order chi connectivity index (χ0) is 13.0. The topological polar surface area (TPSA) is 74.7 Å². The second-order valence-electron chi connectivity index (χ2n) is 3.69.